The van der Waals surface area contributed by atoms with E-state index in [1.807, 2.05) is 23.5 Å². The molecule has 0 unspecified atom stereocenters. The average Bonchev–Trinajstić information content (AvgIpc) is 3.60. The Bertz CT molecular complexity index is 2380. The molecule has 0 spiro atoms. The van der Waals surface area contributed by atoms with Gasteiger partial charge < -0.3 is 0 Å². The van der Waals surface area contributed by atoms with Crippen LogP contribution in [0.25, 0.3) is 76.3 Å². The lowest BCUT2D eigenvalue weighted by atomic mass is 9.82. The van der Waals surface area contributed by atoms with Crippen LogP contribution in [-0.2, 0) is 5.41 Å². The average molecular weight is 607 g/mol. The fraction of sp³-hybridized carbons (Fsp3) is 0.0698. The Kier molecular flexibility index (Phi) is 6.06. The summed E-state index contributed by atoms with van der Waals surface area (Å²) in [6, 6.07) is 52.0. The second-order valence-corrected chi connectivity index (χ2v) is 13.6. The minimum Gasteiger partial charge on any atom is -0.228 e. The first-order chi connectivity index (χ1) is 22.6. The number of nitrogens with zero attached hydrogens (tertiary/aromatic N) is 2. The highest BCUT2D eigenvalue weighted by Gasteiger charge is 2.37. The molecule has 1 aliphatic rings. The maximum atomic E-state index is 5.17. The van der Waals surface area contributed by atoms with Gasteiger partial charge in [-0.2, -0.15) is 0 Å². The van der Waals surface area contributed by atoms with E-state index in [1.165, 1.54) is 48.0 Å². The van der Waals surface area contributed by atoms with Crippen LogP contribution in [0.2, 0.25) is 0 Å². The predicted molar refractivity (Wildman–Crippen MR) is 194 cm³/mol. The molecular weight excluding hydrogens is 577 g/mol. The first-order valence-corrected chi connectivity index (χ1v) is 16.6. The fourth-order valence-electron chi connectivity index (χ4n) is 7.20. The van der Waals surface area contributed by atoms with Crippen molar-refractivity contribution in [2.75, 3.05) is 0 Å². The van der Waals surface area contributed by atoms with Gasteiger partial charge in [-0.05, 0) is 46.0 Å². The summed E-state index contributed by atoms with van der Waals surface area (Å²) in [5, 5.41) is 2.68. The van der Waals surface area contributed by atoms with Crippen LogP contribution in [-0.4, -0.2) is 9.97 Å². The van der Waals surface area contributed by atoms with E-state index in [4.69, 9.17) is 9.97 Å². The summed E-state index contributed by atoms with van der Waals surface area (Å²) in [6.45, 7) is 4.72. The summed E-state index contributed by atoms with van der Waals surface area (Å²) >= 11 is 1.91. The summed E-state index contributed by atoms with van der Waals surface area (Å²) in [5.41, 5.74) is 12.7. The Morgan fingerprint density at radius 3 is 1.80 bits per heavy atom. The molecule has 2 heterocycles. The van der Waals surface area contributed by atoms with Crippen molar-refractivity contribution < 1.29 is 0 Å². The maximum Gasteiger partial charge on any atom is 0.161 e. The lowest BCUT2D eigenvalue weighted by molar-refractivity contribution is 0.661. The van der Waals surface area contributed by atoms with Gasteiger partial charge in [-0.1, -0.05) is 141 Å². The van der Waals surface area contributed by atoms with Crippen LogP contribution in [0.15, 0.2) is 146 Å². The Balaban J connectivity index is 1.25. The second-order valence-electron chi connectivity index (χ2n) is 12.6. The van der Waals surface area contributed by atoms with E-state index in [0.29, 0.717) is 0 Å². The van der Waals surface area contributed by atoms with E-state index >= 15 is 0 Å². The summed E-state index contributed by atoms with van der Waals surface area (Å²) < 4.78 is 2.71. The van der Waals surface area contributed by atoms with Crippen LogP contribution in [0, 0.1) is 0 Å². The van der Waals surface area contributed by atoms with Crippen molar-refractivity contribution in [2.24, 2.45) is 0 Å². The topological polar surface area (TPSA) is 25.8 Å². The number of hydrogen-bond donors (Lipinski definition) is 0. The van der Waals surface area contributed by atoms with E-state index in [2.05, 4.69) is 147 Å². The highest BCUT2D eigenvalue weighted by molar-refractivity contribution is 7.26. The van der Waals surface area contributed by atoms with Crippen LogP contribution in [0.1, 0.15) is 25.0 Å². The van der Waals surface area contributed by atoms with Crippen molar-refractivity contribution in [1.29, 1.82) is 0 Å². The van der Waals surface area contributed by atoms with E-state index in [9.17, 15) is 0 Å². The molecule has 0 aliphatic heterocycles. The Morgan fingerprint density at radius 2 is 1.09 bits per heavy atom. The molecule has 0 atom stereocenters. The number of hydrogen-bond acceptors (Lipinski definition) is 3. The van der Waals surface area contributed by atoms with Gasteiger partial charge in [0.25, 0.3) is 0 Å². The third-order valence-electron chi connectivity index (χ3n) is 9.53. The van der Waals surface area contributed by atoms with Gasteiger partial charge in [0.1, 0.15) is 0 Å². The van der Waals surface area contributed by atoms with Crippen molar-refractivity contribution >= 4 is 31.5 Å². The molecule has 6 aromatic carbocycles. The molecule has 0 saturated carbocycles. The zero-order valence-electron chi connectivity index (χ0n) is 25.7. The molecule has 1 aliphatic carbocycles. The van der Waals surface area contributed by atoms with Crippen molar-refractivity contribution in [3.63, 3.8) is 0 Å². The Hall–Kier alpha value is -5.38. The van der Waals surface area contributed by atoms with Gasteiger partial charge in [0.2, 0.25) is 0 Å². The van der Waals surface area contributed by atoms with E-state index in [1.54, 1.807) is 0 Å². The zero-order valence-corrected chi connectivity index (χ0v) is 26.5. The van der Waals surface area contributed by atoms with E-state index in [0.717, 1.165) is 39.5 Å². The Morgan fingerprint density at radius 1 is 0.478 bits per heavy atom. The van der Waals surface area contributed by atoms with Crippen molar-refractivity contribution in [3.05, 3.63) is 157 Å². The van der Waals surface area contributed by atoms with Gasteiger partial charge in [0.05, 0.1) is 11.4 Å². The zero-order chi connectivity index (χ0) is 30.8. The number of thiophene rings is 1. The molecule has 218 valence electrons. The summed E-state index contributed by atoms with van der Waals surface area (Å²) in [5.74, 6) is 0.726. The number of fused-ring (bicyclic) bond motifs is 7. The highest BCUT2D eigenvalue weighted by Crippen LogP contribution is 2.54. The smallest absolute Gasteiger partial charge is 0.161 e. The molecule has 0 bridgehead atoms. The molecule has 0 saturated heterocycles. The molecular formula is C43H30N2S. The Labute approximate surface area is 272 Å². The van der Waals surface area contributed by atoms with Crippen LogP contribution >= 0.6 is 11.3 Å². The minimum atomic E-state index is -0.0786. The lowest BCUT2D eigenvalue weighted by Gasteiger charge is -2.21. The number of aromatic nitrogens is 2. The van der Waals surface area contributed by atoms with Gasteiger partial charge in [0, 0.05) is 47.8 Å². The van der Waals surface area contributed by atoms with Crippen molar-refractivity contribution in [2.45, 2.75) is 19.3 Å². The summed E-state index contributed by atoms with van der Waals surface area (Å²) in [4.78, 5) is 10.3. The summed E-state index contributed by atoms with van der Waals surface area (Å²) in [7, 11) is 0. The molecule has 0 radical (unpaired) electrons. The maximum absolute atomic E-state index is 5.17. The fourth-order valence-corrected chi connectivity index (χ4v) is 8.46. The van der Waals surface area contributed by atoms with Gasteiger partial charge in [0.15, 0.2) is 5.82 Å². The molecule has 2 aromatic heterocycles. The van der Waals surface area contributed by atoms with Crippen molar-refractivity contribution in [1.82, 2.24) is 9.97 Å². The van der Waals surface area contributed by atoms with E-state index in [-0.39, 0.29) is 5.41 Å². The van der Waals surface area contributed by atoms with Crippen LogP contribution in [0.5, 0.6) is 0 Å². The van der Waals surface area contributed by atoms with Gasteiger partial charge >= 0.3 is 0 Å². The third kappa shape index (κ3) is 4.16. The SMILES string of the molecule is CC1(C)c2ccc(-c3ccccc3-c3nc(-c4ccccc4)cc(-c4ccccc4)n3)cc2-c2c1ccc1c2sc2ccccc21. The first-order valence-electron chi connectivity index (χ1n) is 15.8. The third-order valence-corrected chi connectivity index (χ3v) is 10.7. The number of benzene rings is 6. The molecule has 46 heavy (non-hydrogen) atoms. The van der Waals surface area contributed by atoms with Gasteiger partial charge in [-0.25, -0.2) is 9.97 Å². The largest absolute Gasteiger partial charge is 0.228 e. The van der Waals surface area contributed by atoms with Crippen LogP contribution in [0.3, 0.4) is 0 Å². The minimum absolute atomic E-state index is 0.0786. The predicted octanol–water partition coefficient (Wildman–Crippen LogP) is 11.8. The van der Waals surface area contributed by atoms with Gasteiger partial charge in [-0.15, -0.1) is 11.3 Å². The number of rotatable bonds is 4. The normalized spacial score (nSPS) is 13.2. The standard InChI is InChI=1S/C43H30N2S/c1-43(2)35-23-21-29(25-34(35)40-36(43)24-22-32-31-18-11-12-20-39(31)46-41(32)40)30-17-9-10-19-33(30)42-44-37(27-13-5-3-6-14-27)26-38(45-42)28-15-7-4-8-16-28/h3-26H,1-2H3. The molecule has 2 nitrogen and oxygen atoms in total. The van der Waals surface area contributed by atoms with Crippen LogP contribution < -0.4 is 0 Å². The van der Waals surface area contributed by atoms with E-state index < -0.39 is 0 Å². The monoisotopic (exact) mass is 606 g/mol. The molecule has 8 aromatic rings. The van der Waals surface area contributed by atoms with Crippen molar-refractivity contribution in [3.8, 4) is 56.2 Å². The molecule has 0 N–H and O–H groups in total. The molecule has 0 fully saturated rings. The highest BCUT2D eigenvalue weighted by atomic mass is 32.1. The lowest BCUT2D eigenvalue weighted by Crippen LogP contribution is -2.14. The quantitative estimate of drug-likeness (QED) is 0.199. The first kappa shape index (κ1) is 27.0. The molecule has 9 rings (SSSR count). The molecule has 0 amide bonds. The van der Waals surface area contributed by atoms with Gasteiger partial charge in [-0.3, -0.25) is 0 Å². The van der Waals surface area contributed by atoms with Crippen LogP contribution in [0.4, 0.5) is 0 Å². The summed E-state index contributed by atoms with van der Waals surface area (Å²) in [6.07, 6.45) is 0. The molecule has 3 heteroatoms. The second kappa shape index (κ2) is 10.3.